The van der Waals surface area contributed by atoms with Crippen molar-refractivity contribution in [3.63, 3.8) is 0 Å². The maximum Gasteiger partial charge on any atom is 0.320 e. The third-order valence-electron chi connectivity index (χ3n) is 3.77. The van der Waals surface area contributed by atoms with E-state index < -0.39 is 5.82 Å². The van der Waals surface area contributed by atoms with E-state index in [9.17, 15) is 9.18 Å². The number of carbonyl (C=O) groups excluding carboxylic acids is 1. The first kappa shape index (κ1) is 15.4. The second-order valence-electron chi connectivity index (χ2n) is 5.47. The Morgan fingerprint density at radius 3 is 3.00 bits per heavy atom. The zero-order valence-corrected chi connectivity index (χ0v) is 12.7. The summed E-state index contributed by atoms with van der Waals surface area (Å²) >= 11 is 0. The smallest absolute Gasteiger partial charge is 0.320 e. The highest BCUT2D eigenvalue weighted by Gasteiger charge is 2.26. The van der Waals surface area contributed by atoms with Gasteiger partial charge in [0.05, 0.1) is 24.4 Å². The van der Waals surface area contributed by atoms with Crippen LogP contribution in [-0.4, -0.2) is 33.2 Å². The van der Waals surface area contributed by atoms with E-state index in [0.717, 1.165) is 18.3 Å². The van der Waals surface area contributed by atoms with Crippen molar-refractivity contribution in [2.75, 3.05) is 11.9 Å². The molecule has 8 heteroatoms. The average Bonchev–Trinajstić information content (AvgIpc) is 2.96. The van der Waals surface area contributed by atoms with Crippen LogP contribution in [0.1, 0.15) is 24.6 Å². The van der Waals surface area contributed by atoms with E-state index in [0.29, 0.717) is 18.8 Å². The zero-order valence-electron chi connectivity index (χ0n) is 12.7. The van der Waals surface area contributed by atoms with E-state index >= 15 is 0 Å². The fourth-order valence-electron chi connectivity index (χ4n) is 2.60. The van der Waals surface area contributed by atoms with Crippen LogP contribution >= 0.6 is 0 Å². The third kappa shape index (κ3) is 3.84. The molecule has 0 radical (unpaired) electrons. The molecule has 3 rings (SSSR count). The van der Waals surface area contributed by atoms with Crippen molar-refractivity contribution in [3.05, 3.63) is 42.4 Å². The summed E-state index contributed by atoms with van der Waals surface area (Å²) < 4.78 is 20.5. The van der Waals surface area contributed by atoms with Crippen LogP contribution in [0.4, 0.5) is 15.0 Å². The molecule has 0 aromatic carbocycles. The first-order chi connectivity index (χ1) is 11.1. The van der Waals surface area contributed by atoms with Crippen molar-refractivity contribution in [2.45, 2.75) is 25.0 Å². The van der Waals surface area contributed by atoms with Crippen molar-refractivity contribution in [3.8, 4) is 0 Å². The summed E-state index contributed by atoms with van der Waals surface area (Å²) in [6.45, 7) is 0.565. The van der Waals surface area contributed by atoms with Crippen LogP contribution in [0, 0.1) is 5.82 Å². The lowest BCUT2D eigenvalue weighted by Crippen LogP contribution is -2.42. The van der Waals surface area contributed by atoms with Gasteiger partial charge < -0.3 is 14.6 Å². The zero-order chi connectivity index (χ0) is 16.2. The minimum Gasteiger partial charge on any atom is -0.372 e. The lowest BCUT2D eigenvalue weighted by atomic mass is 10.0. The highest BCUT2D eigenvalue weighted by atomic mass is 19.1. The van der Waals surface area contributed by atoms with E-state index in [2.05, 4.69) is 20.6 Å². The van der Waals surface area contributed by atoms with E-state index in [1.54, 1.807) is 12.5 Å². The molecule has 0 aliphatic carbocycles. The molecule has 3 heterocycles. The molecule has 2 N–H and O–H groups in total. The number of aromatic nitrogens is 3. The Bertz CT molecular complexity index is 673. The molecule has 1 aliphatic rings. The summed E-state index contributed by atoms with van der Waals surface area (Å²) in [5.74, 6) is -0.140. The Morgan fingerprint density at radius 1 is 1.43 bits per heavy atom. The fourth-order valence-corrected chi connectivity index (χ4v) is 2.60. The standard InChI is InChI=1S/C15H18FN5O2/c1-21-9-17-8-12(21)13-6-11(4-5-23-13)19-15(22)20-14-3-2-10(16)7-18-14/h2-3,7-9,11,13H,4-6H2,1H3,(H2,18,19,20,22)/t11-,13-/m0/s1. The van der Waals surface area contributed by atoms with Crippen LogP contribution in [0.25, 0.3) is 0 Å². The Kier molecular flexibility index (Phi) is 4.52. The number of halogens is 1. The third-order valence-corrected chi connectivity index (χ3v) is 3.77. The van der Waals surface area contributed by atoms with Crippen molar-refractivity contribution < 1.29 is 13.9 Å². The summed E-state index contributed by atoms with van der Waals surface area (Å²) in [4.78, 5) is 19.9. The molecule has 0 bridgehead atoms. The molecule has 23 heavy (non-hydrogen) atoms. The van der Waals surface area contributed by atoms with Gasteiger partial charge in [-0.1, -0.05) is 0 Å². The normalized spacial score (nSPS) is 21.0. The lowest BCUT2D eigenvalue weighted by molar-refractivity contribution is -0.00151. The molecule has 2 amide bonds. The fraction of sp³-hybridized carbons (Fsp3) is 0.400. The van der Waals surface area contributed by atoms with E-state index in [1.165, 1.54) is 12.1 Å². The maximum atomic E-state index is 12.8. The Balaban J connectivity index is 1.56. The van der Waals surface area contributed by atoms with Crippen LogP contribution in [-0.2, 0) is 11.8 Å². The van der Waals surface area contributed by atoms with Crippen LogP contribution in [0.2, 0.25) is 0 Å². The number of nitrogens with zero attached hydrogens (tertiary/aromatic N) is 3. The predicted molar refractivity (Wildman–Crippen MR) is 81.3 cm³/mol. The summed E-state index contributed by atoms with van der Waals surface area (Å²) in [6.07, 6.45) is 5.87. The van der Waals surface area contributed by atoms with E-state index in [4.69, 9.17) is 4.74 Å². The van der Waals surface area contributed by atoms with Gasteiger partial charge in [-0.2, -0.15) is 0 Å². The summed E-state index contributed by atoms with van der Waals surface area (Å²) in [7, 11) is 1.91. The van der Waals surface area contributed by atoms with Gasteiger partial charge in [0.1, 0.15) is 17.7 Å². The Labute approximate surface area is 132 Å². The number of rotatable bonds is 3. The molecular weight excluding hydrogens is 301 g/mol. The second-order valence-corrected chi connectivity index (χ2v) is 5.47. The number of nitrogens with one attached hydrogen (secondary N) is 2. The number of ether oxygens (including phenoxy) is 1. The maximum absolute atomic E-state index is 12.8. The number of amides is 2. The number of pyridine rings is 1. The minimum absolute atomic E-state index is 0.0101. The molecule has 1 saturated heterocycles. The van der Waals surface area contributed by atoms with Crippen molar-refractivity contribution in [1.82, 2.24) is 19.9 Å². The molecule has 2 atom stereocenters. The number of aryl methyl sites for hydroxylation is 1. The molecule has 0 spiro atoms. The predicted octanol–water partition coefficient (Wildman–Crippen LogP) is 2.00. The van der Waals surface area contributed by atoms with Crippen molar-refractivity contribution in [1.29, 1.82) is 0 Å². The molecule has 2 aromatic rings. The highest BCUT2D eigenvalue weighted by molar-refractivity contribution is 5.88. The molecule has 1 aliphatic heterocycles. The van der Waals surface area contributed by atoms with Gasteiger partial charge in [-0.05, 0) is 25.0 Å². The van der Waals surface area contributed by atoms with Crippen LogP contribution in [0.5, 0.6) is 0 Å². The number of anilines is 1. The first-order valence-electron chi connectivity index (χ1n) is 7.38. The summed E-state index contributed by atoms with van der Waals surface area (Å²) in [5.41, 5.74) is 0.983. The van der Waals surface area contributed by atoms with Gasteiger partial charge in [-0.15, -0.1) is 0 Å². The van der Waals surface area contributed by atoms with Gasteiger partial charge in [0.25, 0.3) is 0 Å². The average molecular weight is 319 g/mol. The highest BCUT2D eigenvalue weighted by Crippen LogP contribution is 2.27. The minimum atomic E-state index is -0.445. The van der Waals surface area contributed by atoms with Gasteiger partial charge >= 0.3 is 6.03 Å². The number of hydrogen-bond donors (Lipinski definition) is 2. The Hall–Kier alpha value is -2.48. The largest absolute Gasteiger partial charge is 0.372 e. The number of carbonyl (C=O) groups is 1. The lowest BCUT2D eigenvalue weighted by Gasteiger charge is -2.30. The van der Waals surface area contributed by atoms with Crippen LogP contribution in [0.15, 0.2) is 30.9 Å². The van der Waals surface area contributed by atoms with Gasteiger partial charge in [0.2, 0.25) is 0 Å². The van der Waals surface area contributed by atoms with Gasteiger partial charge in [0.15, 0.2) is 0 Å². The second kappa shape index (κ2) is 6.74. The molecule has 7 nitrogen and oxygen atoms in total. The van der Waals surface area contributed by atoms with Gasteiger partial charge in [-0.3, -0.25) is 5.32 Å². The molecular formula is C15H18FN5O2. The van der Waals surface area contributed by atoms with Gasteiger partial charge in [-0.25, -0.2) is 19.2 Å². The Morgan fingerprint density at radius 2 is 2.30 bits per heavy atom. The summed E-state index contributed by atoms with van der Waals surface area (Å²) in [6, 6.07) is 2.29. The first-order valence-corrected chi connectivity index (χ1v) is 7.38. The monoisotopic (exact) mass is 319 g/mol. The topological polar surface area (TPSA) is 81.1 Å². The molecule has 0 saturated carbocycles. The quantitative estimate of drug-likeness (QED) is 0.906. The molecule has 1 fully saturated rings. The number of imidazole rings is 1. The number of urea groups is 1. The summed E-state index contributed by atoms with van der Waals surface area (Å²) in [5, 5.41) is 5.49. The van der Waals surface area contributed by atoms with Crippen molar-refractivity contribution >= 4 is 11.8 Å². The van der Waals surface area contributed by atoms with E-state index in [-0.39, 0.29) is 18.2 Å². The SMILES string of the molecule is Cn1cncc1[C@@H]1C[C@@H](NC(=O)Nc2ccc(F)cn2)CCO1. The van der Waals surface area contributed by atoms with Gasteiger partial charge in [0, 0.05) is 19.7 Å². The number of hydrogen-bond acceptors (Lipinski definition) is 4. The van der Waals surface area contributed by atoms with Crippen LogP contribution in [0.3, 0.4) is 0 Å². The van der Waals surface area contributed by atoms with Crippen molar-refractivity contribution in [2.24, 2.45) is 7.05 Å². The molecule has 2 aromatic heterocycles. The molecule has 0 unspecified atom stereocenters. The van der Waals surface area contributed by atoms with E-state index in [1.807, 2.05) is 11.6 Å². The van der Waals surface area contributed by atoms with Crippen LogP contribution < -0.4 is 10.6 Å². The molecule has 122 valence electrons.